The van der Waals surface area contributed by atoms with Crippen LogP contribution in [0.15, 0.2) is 24.3 Å². The van der Waals surface area contributed by atoms with Gasteiger partial charge in [-0.2, -0.15) is 0 Å². The van der Waals surface area contributed by atoms with Crippen LogP contribution in [0.25, 0.3) is 11.3 Å². The van der Waals surface area contributed by atoms with Crippen molar-refractivity contribution in [1.29, 1.82) is 0 Å². The van der Waals surface area contributed by atoms with E-state index in [0.717, 1.165) is 79.9 Å². The van der Waals surface area contributed by atoms with Crippen LogP contribution in [-0.4, -0.2) is 59.8 Å². The van der Waals surface area contributed by atoms with E-state index in [4.69, 9.17) is 0 Å². The van der Waals surface area contributed by atoms with Gasteiger partial charge in [-0.15, -0.1) is 35.0 Å². The zero-order valence-electron chi connectivity index (χ0n) is 19.5. The summed E-state index contributed by atoms with van der Waals surface area (Å²) in [5.41, 5.74) is 3.83. The number of anilines is 1. The fraction of sp³-hybridized carbons (Fsp3) is 0.542. The van der Waals surface area contributed by atoms with Crippen LogP contribution < -0.4 is 10.2 Å². The first-order chi connectivity index (χ1) is 15.0. The minimum absolute atomic E-state index is 0. The van der Waals surface area contributed by atoms with Gasteiger partial charge in [0.2, 0.25) is 5.91 Å². The molecule has 1 aromatic carbocycles. The topological polar surface area (TPSA) is 61.4 Å². The lowest BCUT2D eigenvalue weighted by molar-refractivity contribution is -0.135. The van der Waals surface area contributed by atoms with Crippen LogP contribution in [0.3, 0.4) is 0 Å². The molecule has 2 aliphatic rings. The van der Waals surface area contributed by atoms with E-state index in [1.807, 2.05) is 18.9 Å². The molecule has 1 aromatic heterocycles. The van der Waals surface area contributed by atoms with Crippen molar-refractivity contribution in [3.8, 4) is 11.3 Å². The van der Waals surface area contributed by atoms with Crippen LogP contribution in [0.4, 0.5) is 10.2 Å². The molecular weight excluding hydrogens is 464 g/mol. The highest BCUT2D eigenvalue weighted by Crippen LogP contribution is 2.30. The van der Waals surface area contributed by atoms with E-state index in [9.17, 15) is 9.18 Å². The number of carbonyl (C=O) groups excluding carboxylic acids is 1. The summed E-state index contributed by atoms with van der Waals surface area (Å²) >= 11 is 0. The SMILES string of the molecule is Cc1c(-c2ccc(F)cc2)nnc(N2CCC(N(C)C(=O)[C@@H]3CCCCN3)CC2)c1C.Cl.Cl. The summed E-state index contributed by atoms with van der Waals surface area (Å²) in [5.74, 6) is 0.881. The van der Waals surface area contributed by atoms with Crippen molar-refractivity contribution >= 4 is 36.5 Å². The first-order valence-corrected chi connectivity index (χ1v) is 11.3. The standard InChI is InChI=1S/C24H32FN5O.2ClH/c1-16-17(2)23(28-27-22(16)18-7-9-19(25)10-8-18)30-14-11-20(12-15-30)29(3)24(31)21-6-4-5-13-26-21;;/h7-10,20-21,26H,4-6,11-15H2,1-3H3;2*1H/t21-;;/m0../s1. The maximum Gasteiger partial charge on any atom is 0.239 e. The number of benzene rings is 1. The lowest BCUT2D eigenvalue weighted by atomic mass is 9.99. The Labute approximate surface area is 208 Å². The Morgan fingerprint density at radius 3 is 2.30 bits per heavy atom. The molecule has 2 saturated heterocycles. The van der Waals surface area contributed by atoms with Gasteiger partial charge in [0, 0.05) is 31.7 Å². The summed E-state index contributed by atoms with van der Waals surface area (Å²) in [6.07, 6.45) is 5.08. The third-order valence-corrected chi connectivity index (χ3v) is 6.88. The van der Waals surface area contributed by atoms with E-state index in [2.05, 4.69) is 27.3 Å². The number of rotatable bonds is 4. The van der Waals surface area contributed by atoms with Crippen molar-refractivity contribution < 1.29 is 9.18 Å². The number of hydrogen-bond donors (Lipinski definition) is 1. The number of hydrogen-bond acceptors (Lipinski definition) is 5. The molecule has 0 unspecified atom stereocenters. The molecule has 1 N–H and O–H groups in total. The minimum Gasteiger partial charge on any atom is -0.355 e. The second kappa shape index (κ2) is 12.0. The molecule has 0 spiro atoms. The van der Waals surface area contributed by atoms with Crippen LogP contribution >= 0.6 is 24.8 Å². The van der Waals surface area contributed by atoms with Crippen molar-refractivity contribution in [2.24, 2.45) is 0 Å². The summed E-state index contributed by atoms with van der Waals surface area (Å²) in [6.45, 7) is 6.76. The highest BCUT2D eigenvalue weighted by Gasteiger charge is 2.31. The van der Waals surface area contributed by atoms with Crippen LogP contribution in [0.5, 0.6) is 0 Å². The van der Waals surface area contributed by atoms with Gasteiger partial charge in [-0.25, -0.2) is 4.39 Å². The molecule has 4 rings (SSSR count). The quantitative estimate of drug-likeness (QED) is 0.681. The average molecular weight is 498 g/mol. The molecule has 2 fully saturated rings. The van der Waals surface area contributed by atoms with Gasteiger partial charge in [-0.05, 0) is 81.5 Å². The van der Waals surface area contributed by atoms with Crippen LogP contribution in [0, 0.1) is 19.7 Å². The normalized spacial score (nSPS) is 18.8. The Morgan fingerprint density at radius 1 is 1.03 bits per heavy atom. The molecule has 1 atom stereocenters. The van der Waals surface area contributed by atoms with E-state index >= 15 is 0 Å². The zero-order chi connectivity index (χ0) is 22.0. The molecule has 0 radical (unpaired) electrons. The molecule has 0 saturated carbocycles. The maximum absolute atomic E-state index is 13.3. The lowest BCUT2D eigenvalue weighted by Gasteiger charge is -2.39. The summed E-state index contributed by atoms with van der Waals surface area (Å²) in [5, 5.41) is 12.4. The number of aromatic nitrogens is 2. The summed E-state index contributed by atoms with van der Waals surface area (Å²) in [4.78, 5) is 17.1. The summed E-state index contributed by atoms with van der Waals surface area (Å²) in [7, 11) is 1.95. The first kappa shape index (κ1) is 27.3. The van der Waals surface area contributed by atoms with E-state index in [1.165, 1.54) is 12.1 Å². The molecular formula is C24H34Cl2FN5O. The van der Waals surface area contributed by atoms with Crippen LogP contribution in [0.1, 0.15) is 43.2 Å². The van der Waals surface area contributed by atoms with Gasteiger partial charge in [0.25, 0.3) is 0 Å². The smallest absolute Gasteiger partial charge is 0.239 e. The number of nitrogens with zero attached hydrogens (tertiary/aromatic N) is 4. The third kappa shape index (κ3) is 5.94. The Hall–Kier alpha value is -1.96. The summed E-state index contributed by atoms with van der Waals surface area (Å²) < 4.78 is 13.3. The molecule has 0 bridgehead atoms. The van der Waals surface area contributed by atoms with Crippen molar-refractivity contribution in [1.82, 2.24) is 20.4 Å². The molecule has 9 heteroatoms. The molecule has 2 aliphatic heterocycles. The summed E-state index contributed by atoms with van der Waals surface area (Å²) in [6, 6.07) is 6.62. The Bertz CT molecular complexity index is 929. The number of amides is 1. The molecule has 3 heterocycles. The monoisotopic (exact) mass is 497 g/mol. The first-order valence-electron chi connectivity index (χ1n) is 11.3. The van der Waals surface area contributed by atoms with E-state index in [0.29, 0.717) is 0 Å². The Balaban J connectivity index is 0.00000193. The zero-order valence-corrected chi connectivity index (χ0v) is 21.1. The van der Waals surface area contributed by atoms with Gasteiger partial charge < -0.3 is 15.1 Å². The Morgan fingerprint density at radius 2 is 1.70 bits per heavy atom. The van der Waals surface area contributed by atoms with E-state index in [-0.39, 0.29) is 48.6 Å². The highest BCUT2D eigenvalue weighted by atomic mass is 35.5. The predicted octanol–water partition coefficient (Wildman–Crippen LogP) is 4.31. The van der Waals surface area contributed by atoms with Crippen LogP contribution in [0.2, 0.25) is 0 Å². The van der Waals surface area contributed by atoms with E-state index < -0.39 is 0 Å². The number of likely N-dealkylation sites (N-methyl/N-ethyl adjacent to an activating group) is 1. The second-order valence-electron chi connectivity index (χ2n) is 8.80. The van der Waals surface area contributed by atoms with Crippen LogP contribution in [-0.2, 0) is 4.79 Å². The molecule has 2 aromatic rings. The van der Waals surface area contributed by atoms with Gasteiger partial charge in [0.1, 0.15) is 5.82 Å². The van der Waals surface area contributed by atoms with Gasteiger partial charge in [0.15, 0.2) is 5.82 Å². The fourth-order valence-corrected chi connectivity index (χ4v) is 4.73. The van der Waals surface area contributed by atoms with E-state index in [1.54, 1.807) is 12.1 Å². The van der Waals surface area contributed by atoms with Gasteiger partial charge >= 0.3 is 0 Å². The highest BCUT2D eigenvalue weighted by molar-refractivity contribution is 5.85. The largest absolute Gasteiger partial charge is 0.355 e. The number of nitrogens with one attached hydrogen (secondary N) is 1. The van der Waals surface area contributed by atoms with Crippen molar-refractivity contribution in [3.05, 3.63) is 41.2 Å². The minimum atomic E-state index is -0.256. The van der Waals surface area contributed by atoms with Crippen molar-refractivity contribution in [2.45, 2.75) is 58.0 Å². The molecule has 182 valence electrons. The second-order valence-corrected chi connectivity index (χ2v) is 8.80. The number of piperidine rings is 2. The Kier molecular flexibility index (Phi) is 9.88. The molecule has 6 nitrogen and oxygen atoms in total. The molecule has 0 aliphatic carbocycles. The fourth-order valence-electron chi connectivity index (χ4n) is 4.73. The molecule has 33 heavy (non-hydrogen) atoms. The average Bonchev–Trinajstić information content (AvgIpc) is 2.81. The number of carbonyl (C=O) groups is 1. The van der Waals surface area contributed by atoms with Gasteiger partial charge in [-0.1, -0.05) is 6.42 Å². The maximum atomic E-state index is 13.3. The number of halogens is 3. The van der Waals surface area contributed by atoms with Crippen molar-refractivity contribution in [3.63, 3.8) is 0 Å². The van der Waals surface area contributed by atoms with Gasteiger partial charge in [-0.3, -0.25) is 4.79 Å². The lowest BCUT2D eigenvalue weighted by Crippen LogP contribution is -2.53. The third-order valence-electron chi connectivity index (χ3n) is 6.88. The van der Waals surface area contributed by atoms with Gasteiger partial charge in [0.05, 0.1) is 11.7 Å². The van der Waals surface area contributed by atoms with Crippen molar-refractivity contribution in [2.75, 3.05) is 31.6 Å². The predicted molar refractivity (Wildman–Crippen MR) is 135 cm³/mol. The molecule has 1 amide bonds.